The van der Waals surface area contributed by atoms with Crippen molar-refractivity contribution < 1.29 is 17.6 Å². The standard InChI is InChI=1S/C17H23FN2O3S/c1-2-3-9-24(22,23)20-8-7-17(12-20)11-15(17)16(21)19-14-6-4-5-13(18)10-14/h4-6,10,15H,2-3,7-9,11-12H2,1H3,(H,19,21)/t15-,17-/m0/s1. The average molecular weight is 354 g/mol. The molecule has 0 bridgehead atoms. The number of hydrogen-bond donors (Lipinski definition) is 1. The Morgan fingerprint density at radius 1 is 1.46 bits per heavy atom. The highest BCUT2D eigenvalue weighted by Gasteiger charge is 2.62. The minimum Gasteiger partial charge on any atom is -0.326 e. The van der Waals surface area contributed by atoms with Crippen molar-refractivity contribution in [2.45, 2.75) is 32.6 Å². The van der Waals surface area contributed by atoms with Crippen LogP contribution in [0.2, 0.25) is 0 Å². The van der Waals surface area contributed by atoms with Crippen LogP contribution in [0.5, 0.6) is 0 Å². The molecule has 0 radical (unpaired) electrons. The van der Waals surface area contributed by atoms with Crippen molar-refractivity contribution in [2.24, 2.45) is 11.3 Å². The SMILES string of the molecule is CCCCS(=O)(=O)N1CC[C@]2(C[C@H]2C(=O)Nc2cccc(F)c2)C1. The molecule has 132 valence electrons. The van der Waals surface area contributed by atoms with Crippen LogP contribution in [-0.4, -0.2) is 37.5 Å². The van der Waals surface area contributed by atoms with E-state index in [1.54, 1.807) is 12.1 Å². The van der Waals surface area contributed by atoms with Gasteiger partial charge in [0.1, 0.15) is 5.82 Å². The lowest BCUT2D eigenvalue weighted by Gasteiger charge is -2.16. The van der Waals surface area contributed by atoms with E-state index in [1.165, 1.54) is 16.4 Å². The number of amides is 1. The summed E-state index contributed by atoms with van der Waals surface area (Å²) in [7, 11) is -3.21. The highest BCUT2D eigenvalue weighted by Crippen LogP contribution is 2.59. The van der Waals surface area contributed by atoms with Crippen molar-refractivity contribution in [2.75, 3.05) is 24.2 Å². The van der Waals surface area contributed by atoms with Crippen LogP contribution < -0.4 is 5.32 Å². The fourth-order valence-electron chi connectivity index (χ4n) is 3.52. The second-order valence-corrected chi connectivity index (χ2v) is 8.96. The molecule has 3 rings (SSSR count). The summed E-state index contributed by atoms with van der Waals surface area (Å²) < 4.78 is 39.3. The Morgan fingerprint density at radius 3 is 2.96 bits per heavy atom. The summed E-state index contributed by atoms with van der Waals surface area (Å²) in [6.07, 6.45) is 2.93. The maximum atomic E-state index is 13.2. The number of carbonyl (C=O) groups excluding carboxylic acids is 1. The molecule has 1 aromatic carbocycles. The Labute approximate surface area is 142 Å². The van der Waals surface area contributed by atoms with Crippen LogP contribution in [0, 0.1) is 17.2 Å². The van der Waals surface area contributed by atoms with Crippen LogP contribution in [0.3, 0.4) is 0 Å². The van der Waals surface area contributed by atoms with Gasteiger partial charge < -0.3 is 5.32 Å². The number of benzene rings is 1. The number of hydrogen-bond acceptors (Lipinski definition) is 3. The summed E-state index contributed by atoms with van der Waals surface area (Å²) >= 11 is 0. The first kappa shape index (κ1) is 17.4. The molecule has 7 heteroatoms. The quantitative estimate of drug-likeness (QED) is 0.854. The van der Waals surface area contributed by atoms with Gasteiger partial charge in [0.15, 0.2) is 0 Å². The first-order chi connectivity index (χ1) is 11.4. The average Bonchev–Trinajstić information content (AvgIpc) is 3.05. The van der Waals surface area contributed by atoms with E-state index in [2.05, 4.69) is 5.32 Å². The Hall–Kier alpha value is -1.47. The van der Waals surface area contributed by atoms with Crippen molar-refractivity contribution in [3.8, 4) is 0 Å². The van der Waals surface area contributed by atoms with Crippen LogP contribution in [-0.2, 0) is 14.8 Å². The molecular weight excluding hydrogens is 331 g/mol. The van der Waals surface area contributed by atoms with Gasteiger partial charge in [0.2, 0.25) is 15.9 Å². The number of unbranched alkanes of at least 4 members (excludes halogenated alkanes) is 1. The number of anilines is 1. The van der Waals surface area contributed by atoms with E-state index in [9.17, 15) is 17.6 Å². The molecule has 1 amide bonds. The highest BCUT2D eigenvalue weighted by molar-refractivity contribution is 7.89. The zero-order valence-electron chi connectivity index (χ0n) is 13.8. The third kappa shape index (κ3) is 3.47. The van der Waals surface area contributed by atoms with Crippen molar-refractivity contribution in [1.29, 1.82) is 0 Å². The number of nitrogens with one attached hydrogen (secondary N) is 1. The molecule has 2 aliphatic rings. The van der Waals surface area contributed by atoms with Crippen LogP contribution >= 0.6 is 0 Å². The topological polar surface area (TPSA) is 66.5 Å². The van der Waals surface area contributed by atoms with Gasteiger partial charge in [0.25, 0.3) is 0 Å². The van der Waals surface area contributed by atoms with E-state index in [1.807, 2.05) is 6.92 Å². The Bertz CT molecular complexity index is 737. The number of carbonyl (C=O) groups is 1. The molecule has 1 aliphatic heterocycles. The second-order valence-electron chi connectivity index (χ2n) is 6.87. The van der Waals surface area contributed by atoms with Crippen LogP contribution in [0.1, 0.15) is 32.6 Å². The molecule has 1 spiro atoms. The summed E-state index contributed by atoms with van der Waals surface area (Å²) in [5, 5.41) is 2.74. The first-order valence-electron chi connectivity index (χ1n) is 8.40. The van der Waals surface area contributed by atoms with Gasteiger partial charge in [-0.2, -0.15) is 0 Å². The molecule has 2 atom stereocenters. The third-order valence-corrected chi connectivity index (χ3v) is 7.00. The Morgan fingerprint density at radius 2 is 2.25 bits per heavy atom. The summed E-state index contributed by atoms with van der Waals surface area (Å²) in [5.41, 5.74) is 0.212. The van der Waals surface area contributed by atoms with E-state index < -0.39 is 15.8 Å². The lowest BCUT2D eigenvalue weighted by molar-refractivity contribution is -0.118. The molecule has 1 saturated heterocycles. The summed E-state index contributed by atoms with van der Waals surface area (Å²) in [6.45, 7) is 2.89. The van der Waals surface area contributed by atoms with Crippen molar-refractivity contribution in [3.05, 3.63) is 30.1 Å². The maximum Gasteiger partial charge on any atom is 0.228 e. The molecule has 2 fully saturated rings. The summed E-state index contributed by atoms with van der Waals surface area (Å²) in [4.78, 5) is 12.4. The van der Waals surface area contributed by atoms with Crippen LogP contribution in [0.15, 0.2) is 24.3 Å². The summed E-state index contributed by atoms with van der Waals surface area (Å²) in [6, 6.07) is 5.80. The molecule has 0 unspecified atom stereocenters. The van der Waals surface area contributed by atoms with E-state index in [4.69, 9.17) is 0 Å². The Kier molecular flexibility index (Phi) is 4.66. The van der Waals surface area contributed by atoms with Gasteiger partial charge >= 0.3 is 0 Å². The van der Waals surface area contributed by atoms with Crippen LogP contribution in [0.4, 0.5) is 10.1 Å². The van der Waals surface area contributed by atoms with Crippen molar-refractivity contribution in [1.82, 2.24) is 4.31 Å². The molecule has 1 aliphatic carbocycles. The lowest BCUT2D eigenvalue weighted by atomic mass is 10.0. The van der Waals surface area contributed by atoms with E-state index in [-0.39, 0.29) is 23.0 Å². The fourth-order valence-corrected chi connectivity index (χ4v) is 5.25. The smallest absolute Gasteiger partial charge is 0.228 e. The zero-order chi connectivity index (χ0) is 17.4. The fraction of sp³-hybridized carbons (Fsp3) is 0.588. The molecule has 1 aromatic rings. The predicted octanol–water partition coefficient (Wildman–Crippen LogP) is 2.61. The van der Waals surface area contributed by atoms with Gasteiger partial charge in [-0.25, -0.2) is 17.1 Å². The van der Waals surface area contributed by atoms with Crippen LogP contribution in [0.25, 0.3) is 0 Å². The molecule has 0 aromatic heterocycles. The van der Waals surface area contributed by atoms with Crippen molar-refractivity contribution >= 4 is 21.6 Å². The number of nitrogens with zero attached hydrogens (tertiary/aromatic N) is 1. The number of halogens is 1. The first-order valence-corrected chi connectivity index (χ1v) is 10.0. The van der Waals surface area contributed by atoms with Gasteiger partial charge in [0.05, 0.1) is 5.75 Å². The second kappa shape index (κ2) is 6.44. The predicted molar refractivity (Wildman–Crippen MR) is 90.5 cm³/mol. The minimum absolute atomic E-state index is 0.145. The number of sulfonamides is 1. The van der Waals surface area contributed by atoms with E-state index in [0.29, 0.717) is 31.6 Å². The van der Waals surface area contributed by atoms with Crippen molar-refractivity contribution in [3.63, 3.8) is 0 Å². The third-order valence-electron chi connectivity index (χ3n) is 5.10. The highest BCUT2D eigenvalue weighted by atomic mass is 32.2. The van der Waals surface area contributed by atoms with E-state index in [0.717, 1.165) is 12.8 Å². The monoisotopic (exact) mass is 354 g/mol. The Balaban J connectivity index is 1.59. The van der Waals surface area contributed by atoms with Gasteiger partial charge in [-0.15, -0.1) is 0 Å². The largest absolute Gasteiger partial charge is 0.326 e. The summed E-state index contributed by atoms with van der Waals surface area (Å²) in [5.74, 6) is -0.548. The number of rotatable bonds is 6. The molecule has 1 saturated carbocycles. The molecule has 5 nitrogen and oxygen atoms in total. The zero-order valence-corrected chi connectivity index (χ0v) is 14.6. The molecular formula is C17H23FN2O3S. The van der Waals surface area contributed by atoms with Gasteiger partial charge in [-0.3, -0.25) is 4.79 Å². The molecule has 1 heterocycles. The van der Waals surface area contributed by atoms with Gasteiger partial charge in [0, 0.05) is 24.7 Å². The van der Waals surface area contributed by atoms with Gasteiger partial charge in [-0.05, 0) is 42.9 Å². The molecule has 1 N–H and O–H groups in total. The minimum atomic E-state index is -3.21. The van der Waals surface area contributed by atoms with E-state index >= 15 is 0 Å². The maximum absolute atomic E-state index is 13.2. The normalized spacial score (nSPS) is 26.7. The van der Waals surface area contributed by atoms with Gasteiger partial charge in [-0.1, -0.05) is 19.4 Å². The molecule has 24 heavy (non-hydrogen) atoms. The lowest BCUT2D eigenvalue weighted by Crippen LogP contribution is -2.32.